The van der Waals surface area contributed by atoms with Crippen LogP contribution in [0.15, 0.2) is 12.2 Å². The number of allylic oxidation sites excluding steroid dienone is 2. The predicted molar refractivity (Wildman–Crippen MR) is 85.6 cm³/mol. The summed E-state index contributed by atoms with van der Waals surface area (Å²) in [5.41, 5.74) is 0.971. The molecule has 2 aliphatic rings. The van der Waals surface area contributed by atoms with E-state index in [1.807, 2.05) is 6.08 Å². The Bertz CT molecular complexity index is 355. The zero-order valence-electron chi connectivity index (χ0n) is 13.9. The number of carbonyl (C=O) groups excluding carboxylic acids is 1. The van der Waals surface area contributed by atoms with Crippen LogP contribution >= 0.6 is 0 Å². The summed E-state index contributed by atoms with van der Waals surface area (Å²) in [5, 5.41) is 0. The van der Waals surface area contributed by atoms with Gasteiger partial charge in [0.15, 0.2) is 5.78 Å². The first-order chi connectivity index (χ1) is 9.27. The number of carbonyl (C=O) groups is 1. The van der Waals surface area contributed by atoms with Crippen molar-refractivity contribution in [1.82, 2.24) is 0 Å². The molecule has 2 rings (SSSR count). The molecule has 0 N–H and O–H groups in total. The molecular formula is C19H32O. The summed E-state index contributed by atoms with van der Waals surface area (Å²) in [6.07, 6.45) is 13.8. The van der Waals surface area contributed by atoms with Gasteiger partial charge in [-0.3, -0.25) is 4.79 Å². The molecule has 0 heterocycles. The van der Waals surface area contributed by atoms with Gasteiger partial charge in [-0.2, -0.15) is 0 Å². The number of rotatable bonds is 3. The molecule has 2 fully saturated rings. The minimum Gasteiger partial charge on any atom is -0.295 e. The summed E-state index contributed by atoms with van der Waals surface area (Å²) in [7, 11) is 0. The molecule has 0 amide bonds. The molecule has 2 aliphatic carbocycles. The van der Waals surface area contributed by atoms with Gasteiger partial charge in [-0.05, 0) is 74.2 Å². The van der Waals surface area contributed by atoms with Crippen molar-refractivity contribution in [1.29, 1.82) is 0 Å². The Labute approximate surface area is 125 Å². The van der Waals surface area contributed by atoms with Gasteiger partial charge in [-0.15, -0.1) is 0 Å². The summed E-state index contributed by atoms with van der Waals surface area (Å²) in [4.78, 5) is 12.3. The van der Waals surface area contributed by atoms with Gasteiger partial charge < -0.3 is 0 Å². The van der Waals surface area contributed by atoms with E-state index in [9.17, 15) is 4.79 Å². The second-order valence-electron chi connectivity index (χ2n) is 8.70. The Morgan fingerprint density at radius 2 is 1.30 bits per heavy atom. The molecule has 20 heavy (non-hydrogen) atoms. The van der Waals surface area contributed by atoms with E-state index in [-0.39, 0.29) is 0 Å². The molecular weight excluding hydrogens is 244 g/mol. The minimum atomic E-state index is 0.305. The van der Waals surface area contributed by atoms with Crippen molar-refractivity contribution in [2.45, 2.75) is 79.1 Å². The average Bonchev–Trinajstić information content (AvgIpc) is 2.37. The summed E-state index contributed by atoms with van der Waals surface area (Å²) in [5.74, 6) is 1.34. The molecule has 1 heteroatoms. The lowest BCUT2D eigenvalue weighted by Gasteiger charge is -2.34. The number of hydrogen-bond donors (Lipinski definition) is 0. The molecule has 114 valence electrons. The fourth-order valence-corrected chi connectivity index (χ4v) is 3.66. The van der Waals surface area contributed by atoms with Gasteiger partial charge in [0.25, 0.3) is 0 Å². The van der Waals surface area contributed by atoms with Crippen molar-refractivity contribution in [3.05, 3.63) is 12.2 Å². The van der Waals surface area contributed by atoms with Crippen molar-refractivity contribution in [2.24, 2.45) is 22.7 Å². The fourth-order valence-electron chi connectivity index (χ4n) is 3.66. The van der Waals surface area contributed by atoms with Gasteiger partial charge in [-0.1, -0.05) is 33.8 Å². The molecule has 1 nitrogen and oxygen atoms in total. The van der Waals surface area contributed by atoms with Crippen LogP contribution in [0.1, 0.15) is 79.1 Å². The second-order valence-corrected chi connectivity index (χ2v) is 8.70. The molecule has 0 atom stereocenters. The fraction of sp³-hybridized carbons (Fsp3) is 0.842. The van der Waals surface area contributed by atoms with E-state index in [0.29, 0.717) is 28.4 Å². The second kappa shape index (κ2) is 6.03. The molecule has 2 saturated carbocycles. The third kappa shape index (κ3) is 4.46. The van der Waals surface area contributed by atoms with E-state index >= 15 is 0 Å². The van der Waals surface area contributed by atoms with Crippen LogP contribution in [0.2, 0.25) is 0 Å². The average molecular weight is 276 g/mol. The standard InChI is InChI=1S/C19H32O/c1-18(2)11-7-15(8-12-18)5-6-17(20)16-9-13-19(3,4)14-10-16/h5-6,15-16H,7-14H2,1-4H3. The topological polar surface area (TPSA) is 17.1 Å². The highest BCUT2D eigenvalue weighted by atomic mass is 16.1. The molecule has 0 unspecified atom stereocenters. The van der Waals surface area contributed by atoms with Gasteiger partial charge in [0.1, 0.15) is 0 Å². The van der Waals surface area contributed by atoms with E-state index in [1.54, 1.807) is 0 Å². The van der Waals surface area contributed by atoms with Crippen LogP contribution in [0.4, 0.5) is 0 Å². The van der Waals surface area contributed by atoms with Gasteiger partial charge in [0, 0.05) is 5.92 Å². The maximum absolute atomic E-state index is 12.3. The van der Waals surface area contributed by atoms with Gasteiger partial charge in [0.05, 0.1) is 0 Å². The molecule has 0 bridgehead atoms. The van der Waals surface area contributed by atoms with E-state index < -0.39 is 0 Å². The Morgan fingerprint density at radius 3 is 1.80 bits per heavy atom. The van der Waals surface area contributed by atoms with Gasteiger partial charge in [0.2, 0.25) is 0 Å². The first-order valence-electron chi connectivity index (χ1n) is 8.50. The third-order valence-corrected chi connectivity index (χ3v) is 5.66. The third-order valence-electron chi connectivity index (χ3n) is 5.66. The van der Waals surface area contributed by atoms with Crippen molar-refractivity contribution in [3.63, 3.8) is 0 Å². The zero-order chi connectivity index (χ0) is 14.8. The molecule has 0 spiro atoms. The normalized spacial score (nSPS) is 27.8. The summed E-state index contributed by atoms with van der Waals surface area (Å²) in [6.45, 7) is 9.38. The van der Waals surface area contributed by atoms with E-state index in [2.05, 4.69) is 33.8 Å². The van der Waals surface area contributed by atoms with Crippen LogP contribution in [-0.2, 0) is 4.79 Å². The van der Waals surface area contributed by atoms with Crippen LogP contribution in [0.3, 0.4) is 0 Å². The van der Waals surface area contributed by atoms with Crippen molar-refractivity contribution in [3.8, 4) is 0 Å². The van der Waals surface area contributed by atoms with Crippen molar-refractivity contribution in [2.75, 3.05) is 0 Å². The number of ketones is 1. The Morgan fingerprint density at radius 1 is 0.850 bits per heavy atom. The molecule has 0 aromatic heterocycles. The number of hydrogen-bond acceptors (Lipinski definition) is 1. The molecule has 0 saturated heterocycles. The molecule has 0 aliphatic heterocycles. The highest BCUT2D eigenvalue weighted by Gasteiger charge is 2.30. The Kier molecular flexibility index (Phi) is 4.76. The minimum absolute atomic E-state index is 0.305. The highest BCUT2D eigenvalue weighted by Crippen LogP contribution is 2.40. The largest absolute Gasteiger partial charge is 0.295 e. The van der Waals surface area contributed by atoms with Crippen LogP contribution in [0.25, 0.3) is 0 Å². The van der Waals surface area contributed by atoms with Crippen molar-refractivity contribution < 1.29 is 4.79 Å². The summed E-state index contributed by atoms with van der Waals surface area (Å²) in [6, 6.07) is 0. The van der Waals surface area contributed by atoms with Crippen LogP contribution in [-0.4, -0.2) is 5.78 Å². The van der Waals surface area contributed by atoms with Crippen LogP contribution in [0, 0.1) is 22.7 Å². The summed E-state index contributed by atoms with van der Waals surface area (Å²) < 4.78 is 0. The monoisotopic (exact) mass is 276 g/mol. The first-order valence-corrected chi connectivity index (χ1v) is 8.50. The van der Waals surface area contributed by atoms with E-state index in [0.717, 1.165) is 12.8 Å². The highest BCUT2D eigenvalue weighted by molar-refractivity contribution is 5.91. The van der Waals surface area contributed by atoms with Crippen LogP contribution < -0.4 is 0 Å². The molecule has 0 radical (unpaired) electrons. The molecule has 0 aromatic rings. The van der Waals surface area contributed by atoms with E-state index in [1.165, 1.54) is 38.5 Å². The van der Waals surface area contributed by atoms with E-state index in [4.69, 9.17) is 0 Å². The first kappa shape index (κ1) is 15.8. The Balaban J connectivity index is 1.79. The van der Waals surface area contributed by atoms with Crippen LogP contribution in [0.5, 0.6) is 0 Å². The van der Waals surface area contributed by atoms with Gasteiger partial charge >= 0.3 is 0 Å². The Hall–Kier alpha value is -0.590. The maximum atomic E-state index is 12.3. The van der Waals surface area contributed by atoms with Gasteiger partial charge in [-0.25, -0.2) is 0 Å². The summed E-state index contributed by atoms with van der Waals surface area (Å²) >= 11 is 0. The SMILES string of the molecule is CC1(C)CCC(C=CC(=O)C2CCC(C)(C)CC2)CC1. The lowest BCUT2D eigenvalue weighted by Crippen LogP contribution is -2.25. The lowest BCUT2D eigenvalue weighted by atomic mass is 9.71. The lowest BCUT2D eigenvalue weighted by molar-refractivity contribution is -0.119. The zero-order valence-corrected chi connectivity index (χ0v) is 13.9. The smallest absolute Gasteiger partial charge is 0.158 e. The molecule has 0 aromatic carbocycles. The maximum Gasteiger partial charge on any atom is 0.158 e. The van der Waals surface area contributed by atoms with Crippen molar-refractivity contribution >= 4 is 5.78 Å². The predicted octanol–water partition coefficient (Wildman–Crippen LogP) is 5.54. The quantitative estimate of drug-likeness (QED) is 0.618.